The van der Waals surface area contributed by atoms with E-state index in [1.165, 1.54) is 11.8 Å². The van der Waals surface area contributed by atoms with Gasteiger partial charge in [-0.15, -0.1) is 6.42 Å². The molecule has 0 unspecified atom stereocenters. The SMILES string of the molecule is C#CCOc1ccc(/C=C2\SC(=S)N(C[C@H]3CCCO3)C2=O)cc1Cl. The van der Waals surface area contributed by atoms with Gasteiger partial charge in [-0.25, -0.2) is 0 Å². The molecule has 4 nitrogen and oxygen atoms in total. The molecule has 0 bridgehead atoms. The van der Waals surface area contributed by atoms with Crippen molar-refractivity contribution in [3.63, 3.8) is 0 Å². The number of ether oxygens (including phenoxy) is 2. The Morgan fingerprint density at radius 2 is 2.40 bits per heavy atom. The van der Waals surface area contributed by atoms with Crippen molar-refractivity contribution in [1.29, 1.82) is 0 Å². The maximum absolute atomic E-state index is 12.6. The number of hydrogen-bond donors (Lipinski definition) is 0. The first-order valence-corrected chi connectivity index (χ1v) is 9.41. The van der Waals surface area contributed by atoms with Gasteiger partial charge in [-0.3, -0.25) is 9.69 Å². The minimum Gasteiger partial charge on any atom is -0.479 e. The number of rotatable bonds is 5. The molecule has 0 saturated carbocycles. The highest BCUT2D eigenvalue weighted by molar-refractivity contribution is 8.26. The highest BCUT2D eigenvalue weighted by Crippen LogP contribution is 2.34. The zero-order valence-corrected chi connectivity index (χ0v) is 15.8. The Hall–Kier alpha value is -1.52. The van der Waals surface area contributed by atoms with Gasteiger partial charge in [0.2, 0.25) is 0 Å². The molecule has 2 aliphatic rings. The lowest BCUT2D eigenvalue weighted by atomic mass is 10.2. The molecular formula is C18H16ClNO3S2. The molecule has 2 saturated heterocycles. The van der Waals surface area contributed by atoms with E-state index >= 15 is 0 Å². The van der Waals surface area contributed by atoms with E-state index < -0.39 is 0 Å². The monoisotopic (exact) mass is 393 g/mol. The van der Waals surface area contributed by atoms with E-state index in [0.717, 1.165) is 25.0 Å². The van der Waals surface area contributed by atoms with Crippen LogP contribution in [0.4, 0.5) is 0 Å². The third-order valence-electron chi connectivity index (χ3n) is 3.85. The number of thiocarbonyl (C=S) groups is 1. The van der Waals surface area contributed by atoms with Crippen LogP contribution in [0.2, 0.25) is 5.02 Å². The van der Waals surface area contributed by atoms with Crippen molar-refractivity contribution in [3.05, 3.63) is 33.7 Å². The first kappa shape index (κ1) is 18.3. The Labute approximate surface area is 161 Å². The van der Waals surface area contributed by atoms with Gasteiger partial charge in [0, 0.05) is 6.61 Å². The van der Waals surface area contributed by atoms with Crippen molar-refractivity contribution in [2.45, 2.75) is 18.9 Å². The second kappa shape index (κ2) is 8.24. The minimum atomic E-state index is -0.0886. The van der Waals surface area contributed by atoms with Crippen molar-refractivity contribution in [3.8, 4) is 18.1 Å². The summed E-state index contributed by atoms with van der Waals surface area (Å²) >= 11 is 12.8. The lowest BCUT2D eigenvalue weighted by Crippen LogP contribution is -2.35. The highest BCUT2D eigenvalue weighted by Gasteiger charge is 2.34. The van der Waals surface area contributed by atoms with E-state index in [0.29, 0.717) is 26.5 Å². The van der Waals surface area contributed by atoms with Crippen molar-refractivity contribution in [2.75, 3.05) is 19.8 Å². The standard InChI is InChI=1S/C18H16ClNO3S2/c1-2-7-23-15-6-5-12(9-14(15)19)10-16-17(21)20(18(24)25-16)11-13-4-3-8-22-13/h1,5-6,9-10,13H,3-4,7-8,11H2/b16-10-/t13-/m1/s1. The van der Waals surface area contributed by atoms with Gasteiger partial charge in [-0.1, -0.05) is 47.6 Å². The molecule has 130 valence electrons. The van der Waals surface area contributed by atoms with Crippen LogP contribution in [0.3, 0.4) is 0 Å². The lowest BCUT2D eigenvalue weighted by Gasteiger charge is -2.18. The fourth-order valence-electron chi connectivity index (χ4n) is 2.64. The van der Waals surface area contributed by atoms with Crippen LogP contribution in [-0.2, 0) is 9.53 Å². The van der Waals surface area contributed by atoms with E-state index in [1.54, 1.807) is 23.1 Å². The Morgan fingerprint density at radius 1 is 1.56 bits per heavy atom. The number of hydrogen-bond acceptors (Lipinski definition) is 5. The van der Waals surface area contributed by atoms with Gasteiger partial charge in [0.05, 0.1) is 22.6 Å². The number of nitrogens with zero attached hydrogens (tertiary/aromatic N) is 1. The first-order chi connectivity index (χ1) is 12.1. The predicted molar refractivity (Wildman–Crippen MR) is 105 cm³/mol. The van der Waals surface area contributed by atoms with Crippen LogP contribution in [0.5, 0.6) is 5.75 Å². The topological polar surface area (TPSA) is 38.8 Å². The molecule has 1 aromatic rings. The molecule has 0 N–H and O–H groups in total. The van der Waals surface area contributed by atoms with E-state index in [9.17, 15) is 4.79 Å². The van der Waals surface area contributed by atoms with Crippen LogP contribution in [0.1, 0.15) is 18.4 Å². The number of amides is 1. The molecular weight excluding hydrogens is 378 g/mol. The van der Waals surface area contributed by atoms with E-state index in [-0.39, 0.29) is 18.6 Å². The maximum atomic E-state index is 12.6. The first-order valence-electron chi connectivity index (χ1n) is 7.81. The maximum Gasteiger partial charge on any atom is 0.266 e. The van der Waals surface area contributed by atoms with Crippen LogP contribution >= 0.6 is 35.6 Å². The number of terminal acetylenes is 1. The second-order valence-electron chi connectivity index (χ2n) is 5.61. The molecule has 2 heterocycles. The molecule has 0 aliphatic carbocycles. The van der Waals surface area contributed by atoms with Crippen LogP contribution in [0.25, 0.3) is 6.08 Å². The number of thioether (sulfide) groups is 1. The predicted octanol–water partition coefficient (Wildman–Crippen LogP) is 3.73. The summed E-state index contributed by atoms with van der Waals surface area (Å²) in [5.74, 6) is 2.82. The van der Waals surface area contributed by atoms with Gasteiger partial charge in [-0.2, -0.15) is 0 Å². The molecule has 3 rings (SSSR count). The number of benzene rings is 1. The average Bonchev–Trinajstić information content (AvgIpc) is 3.19. The summed E-state index contributed by atoms with van der Waals surface area (Å²) in [6, 6.07) is 5.29. The van der Waals surface area contributed by atoms with Gasteiger partial charge >= 0.3 is 0 Å². The summed E-state index contributed by atoms with van der Waals surface area (Å²) in [7, 11) is 0. The van der Waals surface area contributed by atoms with Crippen LogP contribution < -0.4 is 4.74 Å². The molecule has 1 atom stereocenters. The normalized spacial score (nSPS) is 21.8. The summed E-state index contributed by atoms with van der Waals surface area (Å²) in [6.45, 7) is 1.42. The van der Waals surface area contributed by atoms with Crippen LogP contribution in [0, 0.1) is 12.3 Å². The fourth-order valence-corrected chi connectivity index (χ4v) is 4.16. The molecule has 0 radical (unpaired) electrons. The summed E-state index contributed by atoms with van der Waals surface area (Å²) in [4.78, 5) is 14.8. The summed E-state index contributed by atoms with van der Waals surface area (Å²) in [5.41, 5.74) is 0.802. The van der Waals surface area contributed by atoms with Crippen molar-refractivity contribution < 1.29 is 14.3 Å². The van der Waals surface area contributed by atoms with Gasteiger partial charge < -0.3 is 9.47 Å². The molecule has 2 aliphatic heterocycles. The van der Waals surface area contributed by atoms with Gasteiger partial charge in [0.25, 0.3) is 5.91 Å². The molecule has 1 aromatic carbocycles. The van der Waals surface area contributed by atoms with Gasteiger partial charge in [0.15, 0.2) is 0 Å². The summed E-state index contributed by atoms with van der Waals surface area (Å²) < 4.78 is 11.5. The lowest BCUT2D eigenvalue weighted by molar-refractivity contribution is -0.123. The zero-order valence-electron chi connectivity index (χ0n) is 13.4. The van der Waals surface area contributed by atoms with Crippen LogP contribution in [0.15, 0.2) is 23.1 Å². The van der Waals surface area contributed by atoms with Crippen molar-refractivity contribution >= 4 is 51.9 Å². The highest BCUT2D eigenvalue weighted by atomic mass is 35.5. The van der Waals surface area contributed by atoms with Crippen molar-refractivity contribution in [1.82, 2.24) is 4.90 Å². The number of carbonyl (C=O) groups excluding carboxylic acids is 1. The molecule has 2 fully saturated rings. The van der Waals surface area contributed by atoms with Crippen LogP contribution in [-0.4, -0.2) is 41.0 Å². The quantitative estimate of drug-likeness (QED) is 0.433. The molecule has 25 heavy (non-hydrogen) atoms. The Morgan fingerprint density at radius 3 is 3.08 bits per heavy atom. The van der Waals surface area contributed by atoms with E-state index in [1.807, 2.05) is 6.07 Å². The van der Waals surface area contributed by atoms with Gasteiger partial charge in [-0.05, 0) is 36.6 Å². The van der Waals surface area contributed by atoms with Gasteiger partial charge in [0.1, 0.15) is 16.7 Å². The third-order valence-corrected chi connectivity index (χ3v) is 5.52. The largest absolute Gasteiger partial charge is 0.479 e. The Bertz CT molecular complexity index is 766. The summed E-state index contributed by atoms with van der Waals surface area (Å²) in [5, 5.41) is 0.443. The second-order valence-corrected chi connectivity index (χ2v) is 7.69. The van der Waals surface area contributed by atoms with E-state index in [2.05, 4.69) is 5.92 Å². The Kier molecular flexibility index (Phi) is 6.02. The minimum absolute atomic E-state index is 0.0730. The molecule has 0 aromatic heterocycles. The smallest absolute Gasteiger partial charge is 0.266 e. The summed E-state index contributed by atoms with van der Waals surface area (Å²) in [6.07, 6.45) is 9.02. The average molecular weight is 394 g/mol. The fraction of sp³-hybridized carbons (Fsp3) is 0.333. The molecule has 7 heteroatoms. The number of halogens is 1. The molecule has 1 amide bonds. The van der Waals surface area contributed by atoms with E-state index in [4.69, 9.17) is 39.7 Å². The zero-order chi connectivity index (χ0) is 17.8. The molecule has 0 spiro atoms. The van der Waals surface area contributed by atoms with Crippen molar-refractivity contribution in [2.24, 2.45) is 0 Å². The third kappa shape index (κ3) is 4.36. The number of carbonyl (C=O) groups is 1. The Balaban J connectivity index is 1.73.